The van der Waals surface area contributed by atoms with E-state index in [2.05, 4.69) is 42.8 Å². The fourth-order valence-corrected chi connectivity index (χ4v) is 1.79. The van der Waals surface area contributed by atoms with Gasteiger partial charge in [-0.3, -0.25) is 0 Å². The molecule has 0 aliphatic heterocycles. The van der Waals surface area contributed by atoms with Gasteiger partial charge in [0.1, 0.15) is 12.1 Å². The topological polar surface area (TPSA) is 69.6 Å². The van der Waals surface area contributed by atoms with E-state index in [9.17, 15) is 0 Å². The number of anilines is 1. The highest BCUT2D eigenvalue weighted by molar-refractivity contribution is 5.88. The second-order valence-corrected chi connectivity index (χ2v) is 4.54. The Kier molecular flexibility index (Phi) is 2.53. The summed E-state index contributed by atoms with van der Waals surface area (Å²) < 4.78 is 1.91. The molecule has 0 saturated heterocycles. The van der Waals surface area contributed by atoms with Gasteiger partial charge in [0, 0.05) is 6.04 Å². The summed E-state index contributed by atoms with van der Waals surface area (Å²) in [6, 6.07) is 0.268. The molecule has 0 unspecified atom stereocenters. The number of nitrogen functional groups attached to an aromatic ring is 1. The lowest BCUT2D eigenvalue weighted by Gasteiger charge is -2.05. The Hall–Kier alpha value is -1.65. The first-order chi connectivity index (χ1) is 7.52. The summed E-state index contributed by atoms with van der Waals surface area (Å²) in [5.41, 5.74) is 7.70. The zero-order valence-corrected chi connectivity index (χ0v) is 10.1. The van der Waals surface area contributed by atoms with E-state index in [1.807, 2.05) is 4.68 Å². The van der Waals surface area contributed by atoms with Gasteiger partial charge in [0.05, 0.1) is 11.1 Å². The van der Waals surface area contributed by atoms with Gasteiger partial charge >= 0.3 is 0 Å². The molecular weight excluding hydrogens is 202 g/mol. The van der Waals surface area contributed by atoms with Gasteiger partial charge < -0.3 is 5.73 Å². The Morgan fingerprint density at radius 1 is 1.19 bits per heavy atom. The molecule has 86 valence electrons. The molecule has 0 atom stereocenters. The molecule has 5 heteroatoms. The molecule has 0 fully saturated rings. The SMILES string of the molecule is CC(C)c1nn(C(C)C)c2ncnc(N)c12. The third-order valence-corrected chi connectivity index (χ3v) is 2.58. The molecule has 2 N–H and O–H groups in total. The van der Waals surface area contributed by atoms with Crippen molar-refractivity contribution in [1.82, 2.24) is 19.7 Å². The highest BCUT2D eigenvalue weighted by Crippen LogP contribution is 2.28. The van der Waals surface area contributed by atoms with E-state index >= 15 is 0 Å². The summed E-state index contributed by atoms with van der Waals surface area (Å²) in [6.07, 6.45) is 1.49. The predicted molar refractivity (Wildman–Crippen MR) is 64.2 cm³/mol. The molecule has 0 radical (unpaired) electrons. The molecule has 0 aliphatic rings. The molecule has 0 aromatic carbocycles. The molecule has 2 rings (SSSR count). The normalized spacial score (nSPS) is 11.9. The predicted octanol–water partition coefficient (Wildman–Crippen LogP) is 2.11. The van der Waals surface area contributed by atoms with E-state index in [0.717, 1.165) is 16.7 Å². The first-order valence-corrected chi connectivity index (χ1v) is 5.51. The van der Waals surface area contributed by atoms with Crippen molar-refractivity contribution in [1.29, 1.82) is 0 Å². The van der Waals surface area contributed by atoms with Gasteiger partial charge in [-0.2, -0.15) is 5.10 Å². The molecule has 2 heterocycles. The van der Waals surface area contributed by atoms with Crippen LogP contribution in [0.2, 0.25) is 0 Å². The minimum Gasteiger partial charge on any atom is -0.383 e. The summed E-state index contributed by atoms with van der Waals surface area (Å²) in [5.74, 6) is 0.830. The maximum atomic E-state index is 5.90. The molecule has 2 aromatic rings. The van der Waals surface area contributed by atoms with Crippen molar-refractivity contribution in [2.45, 2.75) is 39.7 Å². The molecule has 0 saturated carbocycles. The second kappa shape index (κ2) is 3.73. The maximum absolute atomic E-state index is 5.90. The molecule has 0 bridgehead atoms. The molecule has 5 nitrogen and oxygen atoms in total. The van der Waals surface area contributed by atoms with E-state index < -0.39 is 0 Å². The smallest absolute Gasteiger partial charge is 0.163 e. The van der Waals surface area contributed by atoms with Crippen LogP contribution in [0.15, 0.2) is 6.33 Å². The average Bonchev–Trinajstić information content (AvgIpc) is 2.58. The lowest BCUT2D eigenvalue weighted by Crippen LogP contribution is -2.04. The van der Waals surface area contributed by atoms with E-state index in [-0.39, 0.29) is 6.04 Å². The summed E-state index contributed by atoms with van der Waals surface area (Å²) in [7, 11) is 0. The molecule has 0 aliphatic carbocycles. The fourth-order valence-electron chi connectivity index (χ4n) is 1.79. The van der Waals surface area contributed by atoms with E-state index in [4.69, 9.17) is 5.73 Å². The van der Waals surface area contributed by atoms with Gasteiger partial charge in [-0.25, -0.2) is 14.6 Å². The zero-order chi connectivity index (χ0) is 11.9. The first-order valence-electron chi connectivity index (χ1n) is 5.51. The number of fused-ring (bicyclic) bond motifs is 1. The van der Waals surface area contributed by atoms with Crippen molar-refractivity contribution < 1.29 is 0 Å². The molecule has 2 aromatic heterocycles. The minimum absolute atomic E-state index is 0.268. The van der Waals surface area contributed by atoms with Crippen LogP contribution >= 0.6 is 0 Å². The van der Waals surface area contributed by atoms with Crippen molar-refractivity contribution in [3.05, 3.63) is 12.0 Å². The van der Waals surface area contributed by atoms with Crippen LogP contribution in [-0.4, -0.2) is 19.7 Å². The van der Waals surface area contributed by atoms with Gasteiger partial charge in [-0.15, -0.1) is 0 Å². The highest BCUT2D eigenvalue weighted by atomic mass is 15.3. The van der Waals surface area contributed by atoms with Crippen LogP contribution in [0, 0.1) is 0 Å². The number of nitrogens with zero attached hydrogens (tertiary/aromatic N) is 4. The van der Waals surface area contributed by atoms with Crippen molar-refractivity contribution in [3.63, 3.8) is 0 Å². The Bertz CT molecular complexity index is 512. The van der Waals surface area contributed by atoms with Crippen molar-refractivity contribution in [3.8, 4) is 0 Å². The van der Waals surface area contributed by atoms with E-state index in [1.54, 1.807) is 0 Å². The van der Waals surface area contributed by atoms with Gasteiger partial charge in [-0.05, 0) is 19.8 Å². The van der Waals surface area contributed by atoms with E-state index in [1.165, 1.54) is 6.33 Å². The van der Waals surface area contributed by atoms with E-state index in [0.29, 0.717) is 11.7 Å². The van der Waals surface area contributed by atoms with Crippen molar-refractivity contribution in [2.75, 3.05) is 5.73 Å². The first kappa shape index (κ1) is 10.9. The Labute approximate surface area is 94.7 Å². The van der Waals surface area contributed by atoms with Crippen LogP contribution < -0.4 is 5.73 Å². The third-order valence-electron chi connectivity index (χ3n) is 2.58. The van der Waals surface area contributed by atoms with Crippen LogP contribution in [-0.2, 0) is 0 Å². The Balaban J connectivity index is 2.82. The monoisotopic (exact) mass is 219 g/mol. The lowest BCUT2D eigenvalue weighted by atomic mass is 10.1. The highest BCUT2D eigenvalue weighted by Gasteiger charge is 2.18. The summed E-state index contributed by atoms with van der Waals surface area (Å²) in [5, 5.41) is 5.48. The van der Waals surface area contributed by atoms with Crippen LogP contribution in [0.5, 0.6) is 0 Å². The number of hydrogen-bond donors (Lipinski definition) is 1. The van der Waals surface area contributed by atoms with Gasteiger partial charge in [0.2, 0.25) is 0 Å². The number of rotatable bonds is 2. The van der Waals surface area contributed by atoms with Gasteiger partial charge in [0.25, 0.3) is 0 Å². The Morgan fingerprint density at radius 2 is 1.88 bits per heavy atom. The zero-order valence-electron chi connectivity index (χ0n) is 10.1. The molecular formula is C11H17N5. The van der Waals surface area contributed by atoms with Gasteiger partial charge in [0.15, 0.2) is 5.65 Å². The molecule has 0 amide bonds. The van der Waals surface area contributed by atoms with Crippen LogP contribution in [0.4, 0.5) is 5.82 Å². The van der Waals surface area contributed by atoms with Gasteiger partial charge in [-0.1, -0.05) is 13.8 Å². The maximum Gasteiger partial charge on any atom is 0.163 e. The minimum atomic E-state index is 0.268. The number of nitrogens with two attached hydrogens (primary N) is 1. The largest absolute Gasteiger partial charge is 0.383 e. The van der Waals surface area contributed by atoms with Crippen LogP contribution in [0.25, 0.3) is 11.0 Å². The summed E-state index contributed by atoms with van der Waals surface area (Å²) >= 11 is 0. The molecule has 16 heavy (non-hydrogen) atoms. The second-order valence-electron chi connectivity index (χ2n) is 4.54. The standard InChI is InChI=1S/C11H17N5/c1-6(2)9-8-10(12)13-5-14-11(8)16(15-9)7(3)4/h5-7H,1-4H3,(H2,12,13,14). The van der Waals surface area contributed by atoms with Crippen LogP contribution in [0.1, 0.15) is 45.3 Å². The number of aromatic nitrogens is 4. The third kappa shape index (κ3) is 1.52. The quantitative estimate of drug-likeness (QED) is 0.839. The van der Waals surface area contributed by atoms with Crippen molar-refractivity contribution >= 4 is 16.9 Å². The average molecular weight is 219 g/mol. The molecule has 0 spiro atoms. The fraction of sp³-hybridized carbons (Fsp3) is 0.545. The summed E-state index contributed by atoms with van der Waals surface area (Å²) in [6.45, 7) is 8.35. The Morgan fingerprint density at radius 3 is 2.44 bits per heavy atom. The van der Waals surface area contributed by atoms with Crippen LogP contribution in [0.3, 0.4) is 0 Å². The lowest BCUT2D eigenvalue weighted by molar-refractivity contribution is 0.535. The van der Waals surface area contributed by atoms with Crippen molar-refractivity contribution in [2.24, 2.45) is 0 Å². The number of hydrogen-bond acceptors (Lipinski definition) is 4. The summed E-state index contributed by atoms with van der Waals surface area (Å²) in [4.78, 5) is 8.31.